The first-order valence-corrected chi connectivity index (χ1v) is 15.0. The third kappa shape index (κ3) is 4.29. The van der Waals surface area contributed by atoms with Gasteiger partial charge in [-0.2, -0.15) is 0 Å². The summed E-state index contributed by atoms with van der Waals surface area (Å²) >= 11 is 0. The summed E-state index contributed by atoms with van der Waals surface area (Å²) in [6.45, 7) is 23.2. The van der Waals surface area contributed by atoms with Crippen LogP contribution in [0.3, 0.4) is 0 Å². The lowest BCUT2D eigenvalue weighted by Gasteiger charge is -2.46. The molecule has 0 bridgehead atoms. The van der Waals surface area contributed by atoms with E-state index in [1.54, 1.807) is 0 Å². The zero-order chi connectivity index (χ0) is 17.8. The molecular formula is C18H38O3Si2. The van der Waals surface area contributed by atoms with Crippen LogP contribution in [0, 0.1) is 0 Å². The summed E-state index contributed by atoms with van der Waals surface area (Å²) in [4.78, 5) is 0. The Kier molecular flexibility index (Phi) is 5.07. The van der Waals surface area contributed by atoms with E-state index in [-0.39, 0.29) is 22.3 Å². The van der Waals surface area contributed by atoms with Crippen LogP contribution in [0.2, 0.25) is 36.3 Å². The zero-order valence-corrected chi connectivity index (χ0v) is 18.9. The molecule has 0 N–H and O–H groups in total. The van der Waals surface area contributed by atoms with Crippen molar-refractivity contribution in [3.05, 3.63) is 0 Å². The van der Waals surface area contributed by atoms with Crippen LogP contribution in [0.5, 0.6) is 0 Å². The third-order valence-corrected chi connectivity index (χ3v) is 15.5. The zero-order valence-electron chi connectivity index (χ0n) is 16.9. The number of fused-ring (bicyclic) bond motifs is 1. The van der Waals surface area contributed by atoms with Gasteiger partial charge < -0.3 is 13.6 Å². The van der Waals surface area contributed by atoms with Gasteiger partial charge in [-0.05, 0) is 36.3 Å². The molecule has 1 saturated heterocycles. The monoisotopic (exact) mass is 358 g/mol. The molecule has 3 nitrogen and oxygen atoms in total. The molecule has 1 aliphatic heterocycles. The van der Waals surface area contributed by atoms with Crippen molar-refractivity contribution in [3.8, 4) is 0 Å². The van der Waals surface area contributed by atoms with E-state index in [0.717, 1.165) is 12.8 Å². The summed E-state index contributed by atoms with van der Waals surface area (Å²) in [6, 6.07) is 0. The smallest absolute Gasteiger partial charge is 0.192 e. The molecule has 1 saturated carbocycles. The Bertz CT molecular complexity index is 395. The highest BCUT2D eigenvalue weighted by molar-refractivity contribution is 6.74. The highest BCUT2D eigenvalue weighted by atomic mass is 28.4. The number of epoxide rings is 1. The van der Waals surface area contributed by atoms with Crippen molar-refractivity contribution in [2.24, 2.45) is 0 Å². The third-order valence-electron chi connectivity index (χ3n) is 6.54. The van der Waals surface area contributed by atoms with E-state index >= 15 is 0 Å². The van der Waals surface area contributed by atoms with E-state index in [1.165, 1.54) is 0 Å². The number of ether oxygens (including phenoxy) is 1. The summed E-state index contributed by atoms with van der Waals surface area (Å²) in [5, 5.41) is 0.464. The lowest BCUT2D eigenvalue weighted by atomic mass is 9.95. The van der Waals surface area contributed by atoms with Gasteiger partial charge in [0.05, 0.1) is 24.4 Å². The van der Waals surface area contributed by atoms with Crippen LogP contribution < -0.4 is 0 Å². The average molecular weight is 359 g/mol. The molecule has 136 valence electrons. The van der Waals surface area contributed by atoms with Gasteiger partial charge in [-0.1, -0.05) is 41.5 Å². The predicted octanol–water partition coefficient (Wildman–Crippen LogP) is 5.33. The minimum absolute atomic E-state index is 0.203. The van der Waals surface area contributed by atoms with Crippen LogP contribution in [-0.4, -0.2) is 41.1 Å². The van der Waals surface area contributed by atoms with Gasteiger partial charge in [-0.15, -0.1) is 0 Å². The molecule has 5 heteroatoms. The fourth-order valence-corrected chi connectivity index (χ4v) is 5.43. The summed E-state index contributed by atoms with van der Waals surface area (Å²) in [5.74, 6) is 0. The van der Waals surface area contributed by atoms with E-state index in [4.69, 9.17) is 13.6 Å². The predicted molar refractivity (Wildman–Crippen MR) is 102 cm³/mol. The molecule has 0 aromatic carbocycles. The molecule has 0 aromatic heterocycles. The summed E-state index contributed by atoms with van der Waals surface area (Å²) in [5.41, 5.74) is 0. The first kappa shape index (κ1) is 19.6. The Labute approximate surface area is 145 Å². The SMILES string of the molecule is CC(C)(C)[Si](C)(C)O[C@H]1C[C@@H]2O[C@@H]2C[C@@H]1O[Si](C)(C)C(C)(C)C. The van der Waals surface area contributed by atoms with E-state index in [0.29, 0.717) is 12.2 Å². The van der Waals surface area contributed by atoms with Crippen molar-refractivity contribution in [2.45, 2.75) is 115 Å². The Morgan fingerprint density at radius 2 is 1.00 bits per heavy atom. The first-order chi connectivity index (χ1) is 10.1. The maximum absolute atomic E-state index is 6.77. The first-order valence-electron chi connectivity index (χ1n) is 9.15. The summed E-state index contributed by atoms with van der Waals surface area (Å²) in [6.07, 6.45) is 3.27. The van der Waals surface area contributed by atoms with Gasteiger partial charge in [0.2, 0.25) is 0 Å². The Morgan fingerprint density at radius 1 is 0.696 bits per heavy atom. The maximum atomic E-state index is 6.77. The normalized spacial score (nSPS) is 32.6. The quantitative estimate of drug-likeness (QED) is 0.503. The van der Waals surface area contributed by atoms with Crippen LogP contribution >= 0.6 is 0 Å². The van der Waals surface area contributed by atoms with Crippen LogP contribution in [0.15, 0.2) is 0 Å². The topological polar surface area (TPSA) is 31.0 Å². The molecule has 0 unspecified atom stereocenters. The molecule has 2 rings (SSSR count). The largest absolute Gasteiger partial charge is 0.411 e. The van der Waals surface area contributed by atoms with Gasteiger partial charge in [0, 0.05) is 12.8 Å². The molecule has 2 aliphatic rings. The van der Waals surface area contributed by atoms with Gasteiger partial charge in [0.1, 0.15) is 0 Å². The van der Waals surface area contributed by atoms with Gasteiger partial charge in [0.25, 0.3) is 0 Å². The van der Waals surface area contributed by atoms with Crippen LogP contribution in [0.4, 0.5) is 0 Å². The minimum atomic E-state index is -1.79. The number of rotatable bonds is 4. The molecule has 1 aliphatic carbocycles. The second kappa shape index (κ2) is 5.94. The van der Waals surface area contributed by atoms with Crippen LogP contribution in [0.25, 0.3) is 0 Å². The summed E-state index contributed by atoms with van der Waals surface area (Å²) in [7, 11) is -3.57. The second-order valence-electron chi connectivity index (χ2n) is 10.5. The molecule has 4 atom stereocenters. The van der Waals surface area contributed by atoms with Crippen molar-refractivity contribution in [2.75, 3.05) is 0 Å². The van der Waals surface area contributed by atoms with Gasteiger partial charge in [-0.3, -0.25) is 0 Å². The van der Waals surface area contributed by atoms with E-state index in [9.17, 15) is 0 Å². The fourth-order valence-electron chi connectivity index (χ4n) is 2.71. The van der Waals surface area contributed by atoms with Crippen molar-refractivity contribution >= 4 is 16.6 Å². The fraction of sp³-hybridized carbons (Fsp3) is 1.00. The minimum Gasteiger partial charge on any atom is -0.411 e. The molecule has 0 radical (unpaired) electrons. The molecular weight excluding hydrogens is 320 g/mol. The highest BCUT2D eigenvalue weighted by Crippen LogP contribution is 2.46. The number of hydrogen-bond acceptors (Lipinski definition) is 3. The Balaban J connectivity index is 2.13. The van der Waals surface area contributed by atoms with Crippen molar-refractivity contribution in [1.82, 2.24) is 0 Å². The second-order valence-corrected chi connectivity index (χ2v) is 20.0. The van der Waals surface area contributed by atoms with Crippen molar-refractivity contribution in [3.63, 3.8) is 0 Å². The molecule has 2 fully saturated rings. The molecule has 1 heterocycles. The highest BCUT2D eigenvalue weighted by Gasteiger charge is 2.53. The molecule has 0 amide bonds. The molecule has 23 heavy (non-hydrogen) atoms. The molecule has 0 aromatic rings. The summed E-state index contributed by atoms with van der Waals surface area (Å²) < 4.78 is 19.3. The van der Waals surface area contributed by atoms with Gasteiger partial charge in [-0.25, -0.2) is 0 Å². The average Bonchev–Trinajstić information content (AvgIpc) is 3.03. The Morgan fingerprint density at radius 3 is 1.26 bits per heavy atom. The maximum Gasteiger partial charge on any atom is 0.192 e. The van der Waals surface area contributed by atoms with Gasteiger partial charge >= 0.3 is 0 Å². The van der Waals surface area contributed by atoms with Crippen molar-refractivity contribution in [1.29, 1.82) is 0 Å². The van der Waals surface area contributed by atoms with E-state index in [1.807, 2.05) is 0 Å². The lowest BCUT2D eigenvalue weighted by molar-refractivity contribution is 0.0153. The number of hydrogen-bond donors (Lipinski definition) is 0. The Hall–Kier alpha value is 0.314. The van der Waals surface area contributed by atoms with Crippen LogP contribution in [-0.2, 0) is 13.6 Å². The standard InChI is InChI=1S/C18H38O3Si2/c1-17(2,3)22(7,8)20-15-11-13-14(19-13)12-16(15)21-23(9,10)18(4,5)6/h13-16H,11-12H2,1-10H3/t13-,14+,15-,16-/m0/s1. The lowest BCUT2D eigenvalue weighted by Crippen LogP contribution is -2.53. The molecule has 0 spiro atoms. The van der Waals surface area contributed by atoms with Crippen LogP contribution in [0.1, 0.15) is 54.4 Å². The van der Waals surface area contributed by atoms with Crippen molar-refractivity contribution < 1.29 is 13.6 Å². The van der Waals surface area contributed by atoms with E-state index in [2.05, 4.69) is 67.7 Å². The van der Waals surface area contributed by atoms with E-state index < -0.39 is 16.6 Å². The van der Waals surface area contributed by atoms with Gasteiger partial charge in [0.15, 0.2) is 16.6 Å².